The molecule has 27 heavy (non-hydrogen) atoms. The van der Waals surface area contributed by atoms with E-state index >= 15 is 0 Å². The van der Waals surface area contributed by atoms with Crippen LogP contribution in [0.25, 0.3) is 11.3 Å². The van der Waals surface area contributed by atoms with Gasteiger partial charge in [0.25, 0.3) is 0 Å². The van der Waals surface area contributed by atoms with Crippen molar-refractivity contribution >= 4 is 5.91 Å². The van der Waals surface area contributed by atoms with Crippen LogP contribution >= 0.6 is 0 Å². The molecule has 1 atom stereocenters. The number of likely N-dealkylation sites (tertiary alicyclic amines) is 1. The number of amides is 1. The Morgan fingerprint density at radius 1 is 1.26 bits per heavy atom. The third kappa shape index (κ3) is 3.65. The molecule has 1 aliphatic rings. The molecule has 4 rings (SSSR count). The molecule has 1 amide bonds. The number of hydrogen-bond donors (Lipinski definition) is 0. The average molecular weight is 364 g/mol. The summed E-state index contributed by atoms with van der Waals surface area (Å²) in [7, 11) is 1.90. The van der Waals surface area contributed by atoms with E-state index in [1.54, 1.807) is 4.68 Å². The van der Waals surface area contributed by atoms with Crippen LogP contribution in [0.4, 0.5) is 0 Å². The molecule has 0 saturated carbocycles. The Bertz CT molecular complexity index is 929. The first kappa shape index (κ1) is 17.5. The van der Waals surface area contributed by atoms with Gasteiger partial charge in [0.2, 0.25) is 5.91 Å². The number of rotatable bonds is 4. The second kappa shape index (κ2) is 7.39. The van der Waals surface area contributed by atoms with Gasteiger partial charge in [-0.2, -0.15) is 5.10 Å². The molecule has 140 valence electrons. The third-order valence-electron chi connectivity index (χ3n) is 5.09. The maximum atomic E-state index is 13.1. The number of aromatic nitrogens is 3. The standard InChI is InChI=1S/C21H24N4O2/c1-15-12-19(27-23-15)17-14-24(2)22-21(17)18-10-6-7-11-25(18)20(26)13-16-8-4-3-5-9-16/h3-5,8-9,12,14,18H,6-7,10-11,13H2,1-2H3/t18-/m0/s1. The molecule has 0 bridgehead atoms. The summed E-state index contributed by atoms with van der Waals surface area (Å²) in [5.41, 5.74) is 3.69. The second-order valence-electron chi connectivity index (χ2n) is 7.20. The first-order valence-corrected chi connectivity index (χ1v) is 9.42. The van der Waals surface area contributed by atoms with E-state index in [2.05, 4.69) is 5.16 Å². The van der Waals surface area contributed by atoms with Crippen LogP contribution in [-0.2, 0) is 18.3 Å². The fourth-order valence-corrected chi connectivity index (χ4v) is 3.82. The Morgan fingerprint density at radius 2 is 2.07 bits per heavy atom. The number of benzene rings is 1. The first-order chi connectivity index (χ1) is 13.1. The van der Waals surface area contributed by atoms with Gasteiger partial charge >= 0.3 is 0 Å². The average Bonchev–Trinajstić information content (AvgIpc) is 3.28. The summed E-state index contributed by atoms with van der Waals surface area (Å²) in [4.78, 5) is 15.1. The lowest BCUT2D eigenvalue weighted by atomic mass is 9.95. The van der Waals surface area contributed by atoms with E-state index in [1.807, 2.05) is 61.5 Å². The van der Waals surface area contributed by atoms with Crippen LogP contribution < -0.4 is 0 Å². The van der Waals surface area contributed by atoms with E-state index in [1.165, 1.54) is 0 Å². The Morgan fingerprint density at radius 3 is 2.81 bits per heavy atom. The highest BCUT2D eigenvalue weighted by Crippen LogP contribution is 2.36. The maximum absolute atomic E-state index is 13.1. The van der Waals surface area contributed by atoms with Gasteiger partial charge in [0.05, 0.1) is 29.4 Å². The van der Waals surface area contributed by atoms with Crippen LogP contribution in [0.15, 0.2) is 47.1 Å². The molecular formula is C21H24N4O2. The molecule has 6 heteroatoms. The molecule has 2 aromatic heterocycles. The third-order valence-corrected chi connectivity index (χ3v) is 5.09. The number of nitrogens with zero attached hydrogens (tertiary/aromatic N) is 4. The minimum absolute atomic E-state index is 0.0310. The fourth-order valence-electron chi connectivity index (χ4n) is 3.82. The lowest BCUT2D eigenvalue weighted by Gasteiger charge is -2.35. The highest BCUT2D eigenvalue weighted by Gasteiger charge is 2.32. The molecule has 1 aromatic carbocycles. The van der Waals surface area contributed by atoms with Crippen molar-refractivity contribution in [1.82, 2.24) is 19.8 Å². The summed E-state index contributed by atoms with van der Waals surface area (Å²) in [6.45, 7) is 2.67. The van der Waals surface area contributed by atoms with Gasteiger partial charge < -0.3 is 9.42 Å². The maximum Gasteiger partial charge on any atom is 0.227 e. The van der Waals surface area contributed by atoms with E-state index in [9.17, 15) is 4.79 Å². The molecule has 1 aliphatic heterocycles. The Labute approximate surface area is 158 Å². The predicted molar refractivity (Wildman–Crippen MR) is 102 cm³/mol. The van der Waals surface area contributed by atoms with Crippen molar-refractivity contribution in [2.75, 3.05) is 6.54 Å². The predicted octanol–water partition coefficient (Wildman–Crippen LogP) is 3.68. The van der Waals surface area contributed by atoms with Crippen molar-refractivity contribution in [2.45, 2.75) is 38.6 Å². The van der Waals surface area contributed by atoms with Gasteiger partial charge in [-0.05, 0) is 31.7 Å². The molecular weight excluding hydrogens is 340 g/mol. The molecule has 0 spiro atoms. The zero-order chi connectivity index (χ0) is 18.8. The van der Waals surface area contributed by atoms with Gasteiger partial charge in [0, 0.05) is 25.9 Å². The van der Waals surface area contributed by atoms with Crippen LogP contribution in [-0.4, -0.2) is 32.3 Å². The summed E-state index contributed by atoms with van der Waals surface area (Å²) in [5, 5.41) is 8.70. The molecule has 0 N–H and O–H groups in total. The van der Waals surface area contributed by atoms with Crippen LogP contribution in [0, 0.1) is 6.92 Å². The van der Waals surface area contributed by atoms with E-state index < -0.39 is 0 Å². The normalized spacial score (nSPS) is 17.3. The number of piperidine rings is 1. The van der Waals surface area contributed by atoms with Crippen molar-refractivity contribution in [2.24, 2.45) is 7.05 Å². The minimum atomic E-state index is -0.0310. The van der Waals surface area contributed by atoms with Gasteiger partial charge in [-0.15, -0.1) is 0 Å². The molecule has 3 heterocycles. The van der Waals surface area contributed by atoms with E-state index in [0.717, 1.165) is 48.3 Å². The van der Waals surface area contributed by atoms with Crippen molar-refractivity contribution in [1.29, 1.82) is 0 Å². The quantitative estimate of drug-likeness (QED) is 0.708. The summed E-state index contributed by atoms with van der Waals surface area (Å²) in [6.07, 6.45) is 5.40. The SMILES string of the molecule is Cc1cc(-c2cn(C)nc2[C@@H]2CCCCN2C(=O)Cc2ccccc2)on1. The van der Waals surface area contributed by atoms with Gasteiger partial charge in [0.1, 0.15) is 0 Å². The largest absolute Gasteiger partial charge is 0.356 e. The van der Waals surface area contributed by atoms with Crippen molar-refractivity contribution < 1.29 is 9.32 Å². The smallest absolute Gasteiger partial charge is 0.227 e. The lowest BCUT2D eigenvalue weighted by molar-refractivity contribution is -0.134. The summed E-state index contributed by atoms with van der Waals surface area (Å²) >= 11 is 0. The summed E-state index contributed by atoms with van der Waals surface area (Å²) in [6, 6.07) is 11.8. The Kier molecular flexibility index (Phi) is 4.79. The highest BCUT2D eigenvalue weighted by atomic mass is 16.5. The number of aryl methyl sites for hydroxylation is 2. The molecule has 1 saturated heterocycles. The molecule has 6 nitrogen and oxygen atoms in total. The highest BCUT2D eigenvalue weighted by molar-refractivity contribution is 5.79. The molecule has 1 fully saturated rings. The zero-order valence-electron chi connectivity index (χ0n) is 15.8. The Hall–Kier alpha value is -2.89. The van der Waals surface area contributed by atoms with Crippen molar-refractivity contribution in [3.8, 4) is 11.3 Å². The summed E-state index contributed by atoms with van der Waals surface area (Å²) in [5.74, 6) is 0.855. The number of carbonyl (C=O) groups excluding carboxylic acids is 1. The first-order valence-electron chi connectivity index (χ1n) is 9.42. The monoisotopic (exact) mass is 364 g/mol. The summed E-state index contributed by atoms with van der Waals surface area (Å²) < 4.78 is 7.27. The fraction of sp³-hybridized carbons (Fsp3) is 0.381. The number of hydrogen-bond acceptors (Lipinski definition) is 4. The molecule has 0 radical (unpaired) electrons. The van der Waals surface area contributed by atoms with Gasteiger partial charge in [-0.1, -0.05) is 35.5 Å². The van der Waals surface area contributed by atoms with Crippen LogP contribution in [0.5, 0.6) is 0 Å². The van der Waals surface area contributed by atoms with Gasteiger partial charge in [-0.25, -0.2) is 0 Å². The van der Waals surface area contributed by atoms with Crippen molar-refractivity contribution in [3.63, 3.8) is 0 Å². The van der Waals surface area contributed by atoms with Crippen LogP contribution in [0.1, 0.15) is 42.3 Å². The minimum Gasteiger partial charge on any atom is -0.356 e. The van der Waals surface area contributed by atoms with Gasteiger partial charge in [-0.3, -0.25) is 9.48 Å². The van der Waals surface area contributed by atoms with Crippen LogP contribution in [0.2, 0.25) is 0 Å². The number of carbonyl (C=O) groups is 1. The molecule has 3 aromatic rings. The van der Waals surface area contributed by atoms with E-state index in [-0.39, 0.29) is 11.9 Å². The Balaban J connectivity index is 1.64. The van der Waals surface area contributed by atoms with E-state index in [0.29, 0.717) is 12.2 Å². The zero-order valence-corrected chi connectivity index (χ0v) is 15.8. The second-order valence-corrected chi connectivity index (χ2v) is 7.20. The van der Waals surface area contributed by atoms with Gasteiger partial charge in [0.15, 0.2) is 5.76 Å². The van der Waals surface area contributed by atoms with Crippen LogP contribution in [0.3, 0.4) is 0 Å². The topological polar surface area (TPSA) is 64.2 Å². The molecule has 0 unspecified atom stereocenters. The molecule has 0 aliphatic carbocycles. The lowest BCUT2D eigenvalue weighted by Crippen LogP contribution is -2.39. The van der Waals surface area contributed by atoms with Crippen molar-refractivity contribution in [3.05, 3.63) is 59.5 Å². The van der Waals surface area contributed by atoms with E-state index in [4.69, 9.17) is 9.62 Å².